The van der Waals surface area contributed by atoms with E-state index in [0.29, 0.717) is 9.52 Å². The van der Waals surface area contributed by atoms with Crippen molar-refractivity contribution in [3.05, 3.63) is 12.2 Å². The molecular formula is C8H16Si. The fourth-order valence-electron chi connectivity index (χ4n) is 1.53. The fourth-order valence-corrected chi connectivity index (χ4v) is 2.87. The minimum absolute atomic E-state index is 0.335. The molecule has 0 bridgehead atoms. The summed E-state index contributed by atoms with van der Waals surface area (Å²) in [6.45, 7) is 2.42. The van der Waals surface area contributed by atoms with E-state index in [-0.39, 0.29) is 0 Å². The minimum atomic E-state index is 0.335. The highest BCUT2D eigenvalue weighted by Crippen LogP contribution is 2.20. The number of rotatable bonds is 2. The number of allylic oxidation sites excluding steroid dienone is 2. The first-order chi connectivity index (χ1) is 4.43. The van der Waals surface area contributed by atoms with Crippen LogP contribution in [0.5, 0.6) is 0 Å². The highest BCUT2D eigenvalue weighted by molar-refractivity contribution is 6.33. The Morgan fingerprint density at radius 2 is 2.44 bits per heavy atom. The number of hydrogen-bond donors (Lipinski definition) is 0. The summed E-state index contributed by atoms with van der Waals surface area (Å²) in [7, 11) is 0.335. The van der Waals surface area contributed by atoms with Crippen molar-refractivity contribution in [2.45, 2.75) is 31.9 Å². The van der Waals surface area contributed by atoms with Gasteiger partial charge >= 0.3 is 0 Å². The maximum Gasteiger partial charge on any atom is 0.0169 e. The van der Waals surface area contributed by atoms with Gasteiger partial charge in [-0.3, -0.25) is 0 Å². The monoisotopic (exact) mass is 140 g/mol. The van der Waals surface area contributed by atoms with E-state index in [4.69, 9.17) is 0 Å². The van der Waals surface area contributed by atoms with Crippen molar-refractivity contribution < 1.29 is 0 Å². The lowest BCUT2D eigenvalue weighted by atomic mass is 9.96. The van der Waals surface area contributed by atoms with Crippen molar-refractivity contribution in [3.8, 4) is 0 Å². The first kappa shape index (κ1) is 7.07. The van der Waals surface area contributed by atoms with Gasteiger partial charge in [-0.2, -0.15) is 0 Å². The predicted octanol–water partition coefficient (Wildman–Crippen LogP) is 1.98. The molecule has 0 fully saturated rings. The molecule has 0 amide bonds. The van der Waals surface area contributed by atoms with Crippen LogP contribution in [0.3, 0.4) is 0 Å². The first-order valence-corrected chi connectivity index (χ1v) is 6.50. The van der Waals surface area contributed by atoms with Crippen LogP contribution in [0.25, 0.3) is 0 Å². The highest BCUT2D eigenvalue weighted by Gasteiger charge is 2.06. The van der Waals surface area contributed by atoms with Crippen LogP contribution < -0.4 is 0 Å². The molecule has 0 radical (unpaired) electrons. The lowest BCUT2D eigenvalue weighted by molar-refractivity contribution is 0.525. The summed E-state index contributed by atoms with van der Waals surface area (Å²) in [4.78, 5) is 0. The Hall–Kier alpha value is -0.0431. The van der Waals surface area contributed by atoms with Gasteiger partial charge in [0.05, 0.1) is 0 Å². The Kier molecular flexibility index (Phi) is 3.05. The van der Waals surface area contributed by atoms with Crippen molar-refractivity contribution >= 4 is 9.52 Å². The van der Waals surface area contributed by atoms with Crippen molar-refractivity contribution in [3.63, 3.8) is 0 Å². The molecule has 52 valence electrons. The van der Waals surface area contributed by atoms with Gasteiger partial charge in [-0.1, -0.05) is 24.7 Å². The van der Waals surface area contributed by atoms with Gasteiger partial charge in [-0.25, -0.2) is 0 Å². The lowest BCUT2D eigenvalue weighted by Crippen LogP contribution is -2.03. The number of hydrogen-bond acceptors (Lipinski definition) is 0. The van der Waals surface area contributed by atoms with Crippen LogP contribution in [0, 0.1) is 5.92 Å². The second kappa shape index (κ2) is 3.88. The highest BCUT2D eigenvalue weighted by atomic mass is 28.2. The van der Waals surface area contributed by atoms with Gasteiger partial charge < -0.3 is 0 Å². The molecule has 0 aromatic rings. The van der Waals surface area contributed by atoms with Gasteiger partial charge in [0.1, 0.15) is 0 Å². The smallest absolute Gasteiger partial charge is 0.0169 e. The Morgan fingerprint density at radius 3 is 3.00 bits per heavy atom. The second-order valence-electron chi connectivity index (χ2n) is 2.94. The van der Waals surface area contributed by atoms with Crippen LogP contribution in [0.15, 0.2) is 12.2 Å². The van der Waals surface area contributed by atoms with E-state index in [1.54, 1.807) is 6.04 Å². The van der Waals surface area contributed by atoms with E-state index in [2.05, 4.69) is 18.7 Å². The summed E-state index contributed by atoms with van der Waals surface area (Å²) in [5.74, 6) is 1.08. The summed E-state index contributed by atoms with van der Waals surface area (Å²) in [6.07, 6.45) is 8.88. The average molecular weight is 140 g/mol. The molecule has 0 saturated carbocycles. The van der Waals surface area contributed by atoms with Crippen molar-refractivity contribution in [2.24, 2.45) is 5.92 Å². The van der Waals surface area contributed by atoms with Crippen molar-refractivity contribution in [1.82, 2.24) is 0 Å². The topological polar surface area (TPSA) is 0 Å². The maximum atomic E-state index is 2.42. The summed E-state index contributed by atoms with van der Waals surface area (Å²) >= 11 is 0. The molecule has 0 saturated heterocycles. The van der Waals surface area contributed by atoms with Crippen LogP contribution in [0.2, 0.25) is 12.6 Å². The van der Waals surface area contributed by atoms with E-state index in [1.807, 2.05) is 0 Å². The average Bonchev–Trinajstić information content (AvgIpc) is 1.91. The van der Waals surface area contributed by atoms with Crippen LogP contribution in [-0.2, 0) is 0 Å². The van der Waals surface area contributed by atoms with Gasteiger partial charge in [-0.15, -0.1) is 0 Å². The van der Waals surface area contributed by atoms with Gasteiger partial charge in [-0.05, 0) is 25.2 Å². The summed E-state index contributed by atoms with van der Waals surface area (Å²) in [5, 5.41) is 0. The molecule has 1 atom stereocenters. The SMILES string of the molecule is C[SiH2]CC1CC=CCC1. The standard InChI is InChI=1S/C8H16Si/c1-9-7-8-5-3-2-4-6-8/h2-3,8H,4-7,9H2,1H3. The molecular weight excluding hydrogens is 124 g/mol. The molecule has 1 aliphatic carbocycles. The van der Waals surface area contributed by atoms with E-state index < -0.39 is 0 Å². The zero-order chi connectivity index (χ0) is 6.53. The third kappa shape index (κ3) is 2.35. The lowest BCUT2D eigenvalue weighted by Gasteiger charge is -2.15. The van der Waals surface area contributed by atoms with Crippen molar-refractivity contribution in [2.75, 3.05) is 0 Å². The van der Waals surface area contributed by atoms with E-state index in [0.717, 1.165) is 5.92 Å². The normalized spacial score (nSPS) is 27.9. The Balaban J connectivity index is 2.18. The Labute approximate surface area is 60.2 Å². The zero-order valence-corrected chi connectivity index (χ0v) is 7.68. The molecule has 1 rings (SSSR count). The van der Waals surface area contributed by atoms with Gasteiger partial charge in [0.25, 0.3) is 0 Å². The molecule has 0 aromatic heterocycles. The summed E-state index contributed by atoms with van der Waals surface area (Å²) < 4.78 is 0. The predicted molar refractivity (Wildman–Crippen MR) is 45.7 cm³/mol. The first-order valence-electron chi connectivity index (χ1n) is 4.08. The van der Waals surface area contributed by atoms with Gasteiger partial charge in [0, 0.05) is 9.52 Å². The summed E-state index contributed by atoms with van der Waals surface area (Å²) in [6, 6.07) is 1.57. The maximum absolute atomic E-state index is 2.42. The fraction of sp³-hybridized carbons (Fsp3) is 0.750. The Bertz CT molecular complexity index is 96.7. The van der Waals surface area contributed by atoms with E-state index in [1.165, 1.54) is 19.3 Å². The molecule has 0 aliphatic heterocycles. The zero-order valence-electron chi connectivity index (χ0n) is 6.27. The minimum Gasteiger partial charge on any atom is -0.0885 e. The molecule has 1 unspecified atom stereocenters. The summed E-state index contributed by atoms with van der Waals surface area (Å²) in [5.41, 5.74) is 0. The van der Waals surface area contributed by atoms with Crippen LogP contribution >= 0.6 is 0 Å². The molecule has 1 heteroatoms. The molecule has 1 aliphatic rings. The second-order valence-corrected chi connectivity index (χ2v) is 4.52. The third-order valence-electron chi connectivity index (χ3n) is 2.07. The third-order valence-corrected chi connectivity index (χ3v) is 3.47. The molecule has 0 heterocycles. The molecule has 0 aromatic carbocycles. The van der Waals surface area contributed by atoms with Crippen molar-refractivity contribution in [1.29, 1.82) is 0 Å². The molecule has 9 heavy (non-hydrogen) atoms. The Morgan fingerprint density at radius 1 is 1.56 bits per heavy atom. The van der Waals surface area contributed by atoms with E-state index >= 15 is 0 Å². The van der Waals surface area contributed by atoms with Crippen LogP contribution in [0.4, 0.5) is 0 Å². The molecule has 0 nitrogen and oxygen atoms in total. The molecule has 0 N–H and O–H groups in total. The molecule has 0 spiro atoms. The van der Waals surface area contributed by atoms with Crippen LogP contribution in [-0.4, -0.2) is 9.52 Å². The largest absolute Gasteiger partial charge is 0.0885 e. The van der Waals surface area contributed by atoms with E-state index in [9.17, 15) is 0 Å². The van der Waals surface area contributed by atoms with Gasteiger partial charge in [0.2, 0.25) is 0 Å². The van der Waals surface area contributed by atoms with Crippen LogP contribution in [0.1, 0.15) is 19.3 Å². The van der Waals surface area contributed by atoms with Gasteiger partial charge in [0.15, 0.2) is 0 Å². The quantitative estimate of drug-likeness (QED) is 0.406.